The fourth-order valence-corrected chi connectivity index (χ4v) is 3.41. The molecule has 0 aromatic carbocycles. The van der Waals surface area contributed by atoms with Gasteiger partial charge in [0, 0.05) is 51.5 Å². The maximum Gasteiger partial charge on any atom is 0.403 e. The Balaban J connectivity index is 1.45. The maximum atomic E-state index is 12.8. The molecule has 2 unspecified atom stereocenters. The van der Waals surface area contributed by atoms with Crippen LogP contribution in [0, 0.1) is 0 Å². The molecule has 2 fully saturated rings. The summed E-state index contributed by atoms with van der Waals surface area (Å²) >= 11 is 0. The van der Waals surface area contributed by atoms with E-state index in [4.69, 9.17) is 0 Å². The van der Waals surface area contributed by atoms with Crippen molar-refractivity contribution in [2.75, 3.05) is 44.2 Å². The van der Waals surface area contributed by atoms with Gasteiger partial charge < -0.3 is 15.1 Å². The smallest absolute Gasteiger partial charge is 0.354 e. The van der Waals surface area contributed by atoms with E-state index in [1.54, 1.807) is 11.1 Å². The van der Waals surface area contributed by atoms with Crippen LogP contribution in [0.3, 0.4) is 0 Å². The summed E-state index contributed by atoms with van der Waals surface area (Å²) in [5.74, 6) is 0.888. The molecule has 3 rings (SSSR count). The quantitative estimate of drug-likeness (QED) is 0.882. The van der Waals surface area contributed by atoms with Crippen LogP contribution in [0.4, 0.5) is 23.8 Å². The number of urea groups is 1. The molecule has 0 aliphatic carbocycles. The van der Waals surface area contributed by atoms with Crippen molar-refractivity contribution in [3.8, 4) is 0 Å². The fraction of sp³-hybridized carbons (Fsp3) is 0.647. The zero-order chi connectivity index (χ0) is 18.7. The van der Waals surface area contributed by atoms with Gasteiger partial charge in [0.15, 0.2) is 0 Å². The molecule has 6 nitrogen and oxygen atoms in total. The highest BCUT2D eigenvalue weighted by molar-refractivity contribution is 5.74. The van der Waals surface area contributed by atoms with Crippen LogP contribution in [0.1, 0.15) is 13.3 Å². The number of hydrogen-bond donors (Lipinski definition) is 1. The Bertz CT molecular complexity index is 604. The summed E-state index contributed by atoms with van der Waals surface area (Å²) in [6, 6.07) is 4.07. The third kappa shape index (κ3) is 4.38. The van der Waals surface area contributed by atoms with Crippen molar-refractivity contribution >= 4 is 11.8 Å². The van der Waals surface area contributed by atoms with Crippen molar-refractivity contribution in [3.63, 3.8) is 0 Å². The number of rotatable bonds is 3. The summed E-state index contributed by atoms with van der Waals surface area (Å²) in [4.78, 5) is 21.8. The average molecular weight is 371 g/mol. The zero-order valence-corrected chi connectivity index (χ0v) is 14.7. The molecule has 2 atom stereocenters. The molecule has 26 heavy (non-hydrogen) atoms. The van der Waals surface area contributed by atoms with Gasteiger partial charge in [0.1, 0.15) is 11.9 Å². The third-order valence-electron chi connectivity index (χ3n) is 5.11. The number of amides is 2. The van der Waals surface area contributed by atoms with Crippen LogP contribution < -0.4 is 10.2 Å². The van der Waals surface area contributed by atoms with Crippen LogP contribution in [0.5, 0.6) is 0 Å². The first kappa shape index (κ1) is 18.8. The second kappa shape index (κ2) is 7.69. The van der Waals surface area contributed by atoms with Gasteiger partial charge in [-0.15, -0.1) is 0 Å². The van der Waals surface area contributed by atoms with Gasteiger partial charge in [-0.3, -0.25) is 4.90 Å². The first-order valence-electron chi connectivity index (χ1n) is 8.87. The molecule has 0 saturated carbocycles. The van der Waals surface area contributed by atoms with Crippen molar-refractivity contribution in [1.29, 1.82) is 0 Å². The number of piperazine rings is 1. The molecule has 1 aromatic heterocycles. The number of nitrogens with one attached hydrogen (secondary N) is 1. The number of hydrogen-bond acceptors (Lipinski definition) is 4. The van der Waals surface area contributed by atoms with E-state index in [0.717, 1.165) is 18.8 Å². The Hall–Kier alpha value is -2.03. The molecular formula is C17H24F3N5O. The minimum atomic E-state index is -4.23. The van der Waals surface area contributed by atoms with Crippen LogP contribution in [0.2, 0.25) is 0 Å². The SMILES string of the molecule is CC(N1CCN(C(=O)NC2CCN(c3ccccn3)C2)CC1)C(F)(F)F. The van der Waals surface area contributed by atoms with Crippen molar-refractivity contribution in [3.05, 3.63) is 24.4 Å². The Morgan fingerprint density at radius 3 is 2.58 bits per heavy atom. The van der Waals surface area contributed by atoms with E-state index in [1.165, 1.54) is 11.8 Å². The monoisotopic (exact) mass is 371 g/mol. The Morgan fingerprint density at radius 2 is 1.96 bits per heavy atom. The Morgan fingerprint density at radius 1 is 1.23 bits per heavy atom. The predicted octanol–water partition coefficient (Wildman–Crippen LogP) is 1.94. The number of halogens is 3. The van der Waals surface area contributed by atoms with Gasteiger partial charge in [-0.2, -0.15) is 13.2 Å². The van der Waals surface area contributed by atoms with Gasteiger partial charge in [-0.25, -0.2) is 9.78 Å². The fourth-order valence-electron chi connectivity index (χ4n) is 3.41. The summed E-state index contributed by atoms with van der Waals surface area (Å²) in [5.41, 5.74) is 0. The molecule has 3 heterocycles. The van der Waals surface area contributed by atoms with Gasteiger partial charge in [-0.1, -0.05) is 6.07 Å². The summed E-state index contributed by atoms with van der Waals surface area (Å²) < 4.78 is 38.4. The number of alkyl halides is 3. The van der Waals surface area contributed by atoms with Gasteiger partial charge >= 0.3 is 12.2 Å². The number of nitrogens with zero attached hydrogens (tertiary/aromatic N) is 4. The molecule has 1 aromatic rings. The molecule has 1 N–H and O–H groups in total. The topological polar surface area (TPSA) is 51.7 Å². The van der Waals surface area contributed by atoms with E-state index in [9.17, 15) is 18.0 Å². The van der Waals surface area contributed by atoms with Crippen molar-refractivity contribution in [2.45, 2.75) is 31.6 Å². The molecule has 2 aliphatic rings. The number of anilines is 1. The molecular weight excluding hydrogens is 347 g/mol. The maximum absolute atomic E-state index is 12.8. The Labute approximate surface area is 151 Å². The molecule has 2 saturated heterocycles. The Kier molecular flexibility index (Phi) is 5.55. The predicted molar refractivity (Wildman–Crippen MR) is 92.0 cm³/mol. The second-order valence-corrected chi connectivity index (χ2v) is 6.81. The highest BCUT2D eigenvalue weighted by Crippen LogP contribution is 2.25. The standard InChI is InChI=1S/C17H24F3N5O/c1-13(17(18,19)20)23-8-10-24(11-9-23)16(26)22-14-5-7-25(12-14)15-4-2-3-6-21-15/h2-4,6,13-14H,5,7-12H2,1H3,(H,22,26). The van der Waals surface area contributed by atoms with Crippen LogP contribution in [0.15, 0.2) is 24.4 Å². The summed E-state index contributed by atoms with van der Waals surface area (Å²) in [6.45, 7) is 3.76. The lowest BCUT2D eigenvalue weighted by atomic mass is 10.2. The van der Waals surface area contributed by atoms with E-state index in [1.807, 2.05) is 18.2 Å². The van der Waals surface area contributed by atoms with E-state index < -0.39 is 12.2 Å². The number of carbonyl (C=O) groups is 1. The molecule has 0 radical (unpaired) electrons. The molecule has 9 heteroatoms. The normalized spacial score (nSPS) is 23.2. The molecule has 0 spiro atoms. The van der Waals surface area contributed by atoms with Crippen molar-refractivity contribution < 1.29 is 18.0 Å². The van der Waals surface area contributed by atoms with Crippen LogP contribution in [-0.4, -0.2) is 78.3 Å². The van der Waals surface area contributed by atoms with Crippen LogP contribution >= 0.6 is 0 Å². The second-order valence-electron chi connectivity index (χ2n) is 6.81. The lowest BCUT2D eigenvalue weighted by Crippen LogP contribution is -2.57. The van der Waals surface area contributed by atoms with Crippen LogP contribution in [-0.2, 0) is 0 Å². The summed E-state index contributed by atoms with van der Waals surface area (Å²) in [7, 11) is 0. The highest BCUT2D eigenvalue weighted by atomic mass is 19.4. The third-order valence-corrected chi connectivity index (χ3v) is 5.11. The first-order chi connectivity index (χ1) is 12.3. The molecule has 2 amide bonds. The number of carbonyl (C=O) groups excluding carboxylic acids is 1. The highest BCUT2D eigenvalue weighted by Gasteiger charge is 2.41. The zero-order valence-electron chi connectivity index (χ0n) is 14.7. The van der Waals surface area contributed by atoms with E-state index in [-0.39, 0.29) is 25.2 Å². The summed E-state index contributed by atoms with van der Waals surface area (Å²) in [6.07, 6.45) is -1.67. The van der Waals surface area contributed by atoms with Gasteiger partial charge in [0.05, 0.1) is 0 Å². The van der Waals surface area contributed by atoms with Gasteiger partial charge in [-0.05, 0) is 25.5 Å². The van der Waals surface area contributed by atoms with Gasteiger partial charge in [0.2, 0.25) is 0 Å². The van der Waals surface area contributed by atoms with Crippen molar-refractivity contribution in [2.24, 2.45) is 0 Å². The van der Waals surface area contributed by atoms with E-state index in [2.05, 4.69) is 15.2 Å². The minimum absolute atomic E-state index is 0.0247. The largest absolute Gasteiger partial charge is 0.403 e. The van der Waals surface area contributed by atoms with Crippen molar-refractivity contribution in [1.82, 2.24) is 20.1 Å². The molecule has 144 valence electrons. The first-order valence-corrected chi connectivity index (χ1v) is 8.87. The van der Waals surface area contributed by atoms with Gasteiger partial charge in [0.25, 0.3) is 0 Å². The number of pyridine rings is 1. The lowest BCUT2D eigenvalue weighted by Gasteiger charge is -2.38. The minimum Gasteiger partial charge on any atom is -0.354 e. The van der Waals surface area contributed by atoms with Crippen LogP contribution in [0.25, 0.3) is 0 Å². The average Bonchev–Trinajstić information content (AvgIpc) is 3.09. The number of aromatic nitrogens is 1. The van der Waals surface area contributed by atoms with E-state index in [0.29, 0.717) is 19.6 Å². The molecule has 0 bridgehead atoms. The summed E-state index contributed by atoms with van der Waals surface area (Å²) in [5, 5.41) is 3.00. The molecule has 2 aliphatic heterocycles. The van der Waals surface area contributed by atoms with E-state index >= 15 is 0 Å². The lowest BCUT2D eigenvalue weighted by molar-refractivity contribution is -0.181.